The maximum Gasteiger partial charge on any atom is 0.160 e. The van der Waals surface area contributed by atoms with E-state index in [0.717, 1.165) is 17.8 Å². The van der Waals surface area contributed by atoms with Crippen molar-refractivity contribution in [2.45, 2.75) is 0 Å². The average molecular weight is 300 g/mol. The summed E-state index contributed by atoms with van der Waals surface area (Å²) in [5.41, 5.74) is 0. The van der Waals surface area contributed by atoms with Gasteiger partial charge in [-0.1, -0.05) is 4.49 Å². The van der Waals surface area contributed by atoms with Gasteiger partial charge in [0, 0.05) is 0 Å². The van der Waals surface area contributed by atoms with E-state index < -0.39 is 0 Å². The number of rotatable bonds is 0. The zero-order valence-corrected chi connectivity index (χ0v) is 9.27. The third kappa shape index (κ3) is 0.939. The molecule has 0 spiro atoms. The smallest absolute Gasteiger partial charge is 0.127 e. The number of halogens is 2. The maximum absolute atomic E-state index is 3.93. The van der Waals surface area contributed by atoms with Crippen molar-refractivity contribution in [1.82, 2.24) is 9.59 Å². The summed E-state index contributed by atoms with van der Waals surface area (Å²) in [6.45, 7) is 0. The topological polar surface area (TPSA) is 25.8 Å². The lowest BCUT2D eigenvalue weighted by atomic mass is 10.6. The molecule has 2 aromatic heterocycles. The van der Waals surface area contributed by atoms with Crippen LogP contribution < -0.4 is 0 Å². The van der Waals surface area contributed by atoms with Crippen LogP contribution in [-0.4, -0.2) is 9.59 Å². The average Bonchev–Trinajstić information content (AvgIpc) is 2.41. The van der Waals surface area contributed by atoms with Gasteiger partial charge in [-0.2, -0.15) is 0 Å². The summed E-state index contributed by atoms with van der Waals surface area (Å²) >= 11 is 9.82. The quantitative estimate of drug-likeness (QED) is 0.746. The lowest BCUT2D eigenvalue weighted by Gasteiger charge is -1.77. The molecule has 0 atom stereocenters. The van der Waals surface area contributed by atoms with Crippen LogP contribution in [0.2, 0.25) is 0 Å². The van der Waals surface area contributed by atoms with Crippen molar-refractivity contribution >= 4 is 64.3 Å². The van der Waals surface area contributed by atoms with Gasteiger partial charge in [0.15, 0.2) is 4.83 Å². The molecule has 0 aliphatic heterocycles. The van der Waals surface area contributed by atoms with E-state index in [-0.39, 0.29) is 0 Å². The van der Waals surface area contributed by atoms with Crippen LogP contribution in [0.4, 0.5) is 0 Å². The largest absolute Gasteiger partial charge is 0.160 e. The van der Waals surface area contributed by atoms with Gasteiger partial charge in [-0.05, 0) is 43.4 Å². The summed E-state index contributed by atoms with van der Waals surface area (Å²) in [4.78, 5) is 0.990. The Bertz CT molecular complexity index is 366. The molecule has 0 bridgehead atoms. The van der Waals surface area contributed by atoms with Gasteiger partial charge in [0.2, 0.25) is 0 Å². The molecule has 0 radical (unpaired) electrons. The lowest BCUT2D eigenvalue weighted by molar-refractivity contribution is 1.21. The van der Waals surface area contributed by atoms with Crippen molar-refractivity contribution in [2.24, 2.45) is 0 Å². The van der Waals surface area contributed by atoms with E-state index in [9.17, 15) is 0 Å². The van der Waals surface area contributed by atoms with Crippen molar-refractivity contribution in [1.29, 1.82) is 0 Å². The first-order valence-corrected chi connectivity index (χ1v) is 5.52. The first-order valence-electron chi connectivity index (χ1n) is 2.35. The summed E-state index contributed by atoms with van der Waals surface area (Å²) in [5, 5.41) is 3.93. The molecule has 0 amide bonds. The molecule has 0 saturated carbocycles. The normalized spacial score (nSPS) is 11.0. The number of aromatic nitrogens is 2. The summed E-state index contributed by atoms with van der Waals surface area (Å²) < 4.78 is 7.10. The van der Waals surface area contributed by atoms with Gasteiger partial charge < -0.3 is 0 Å². The summed E-state index contributed by atoms with van der Waals surface area (Å²) in [7, 11) is 0. The molecule has 2 rings (SSSR count). The first-order chi connectivity index (χ1) is 4.79. The standard InChI is InChI=1S/C4Br2N2S2/c5-1-2-4(7-8-10-2)9-3(1)6. The van der Waals surface area contributed by atoms with Gasteiger partial charge in [-0.3, -0.25) is 0 Å². The molecule has 0 aliphatic carbocycles. The Morgan fingerprint density at radius 3 is 2.80 bits per heavy atom. The Balaban J connectivity index is 2.95. The fourth-order valence-electron chi connectivity index (χ4n) is 0.602. The second-order valence-electron chi connectivity index (χ2n) is 1.60. The van der Waals surface area contributed by atoms with Crippen LogP contribution in [0.1, 0.15) is 0 Å². The van der Waals surface area contributed by atoms with Gasteiger partial charge in [-0.25, -0.2) is 0 Å². The SMILES string of the molecule is Brc1sc2nnsc2c1Br. The van der Waals surface area contributed by atoms with Crippen molar-refractivity contribution in [2.75, 3.05) is 0 Å². The van der Waals surface area contributed by atoms with Crippen LogP contribution >= 0.6 is 54.7 Å². The lowest BCUT2D eigenvalue weighted by Crippen LogP contribution is -1.55. The Hall–Kier alpha value is 0.480. The Morgan fingerprint density at radius 2 is 2.10 bits per heavy atom. The minimum atomic E-state index is 0.990. The van der Waals surface area contributed by atoms with E-state index in [1.807, 2.05) is 0 Å². The number of thiophene rings is 1. The molecule has 0 fully saturated rings. The molecule has 0 N–H and O–H groups in total. The number of fused-ring (bicyclic) bond motifs is 1. The van der Waals surface area contributed by atoms with Crippen molar-refractivity contribution < 1.29 is 0 Å². The minimum Gasteiger partial charge on any atom is -0.127 e. The number of hydrogen-bond donors (Lipinski definition) is 0. The monoisotopic (exact) mass is 298 g/mol. The third-order valence-electron chi connectivity index (χ3n) is 1.02. The maximum atomic E-state index is 3.93. The molecule has 0 aliphatic rings. The molecule has 2 heterocycles. The number of hydrogen-bond acceptors (Lipinski definition) is 4. The predicted octanol–water partition coefficient (Wildman–Crippen LogP) is 3.28. The van der Waals surface area contributed by atoms with Crippen molar-refractivity contribution in [3.63, 3.8) is 0 Å². The van der Waals surface area contributed by atoms with Gasteiger partial charge in [0.25, 0.3) is 0 Å². The predicted molar refractivity (Wildman–Crippen MR) is 50.7 cm³/mol. The van der Waals surface area contributed by atoms with E-state index in [4.69, 9.17) is 0 Å². The van der Waals surface area contributed by atoms with E-state index in [1.54, 1.807) is 11.3 Å². The Morgan fingerprint density at radius 1 is 1.30 bits per heavy atom. The van der Waals surface area contributed by atoms with Crippen molar-refractivity contribution in [3.8, 4) is 0 Å². The highest BCUT2D eigenvalue weighted by Gasteiger charge is 2.09. The van der Waals surface area contributed by atoms with Crippen LogP contribution in [-0.2, 0) is 0 Å². The van der Waals surface area contributed by atoms with Gasteiger partial charge in [-0.15, -0.1) is 16.4 Å². The molecule has 0 saturated heterocycles. The van der Waals surface area contributed by atoms with Crippen LogP contribution in [0, 0.1) is 0 Å². The molecule has 10 heavy (non-hydrogen) atoms. The second kappa shape index (κ2) is 2.51. The summed E-state index contributed by atoms with van der Waals surface area (Å²) in [6.07, 6.45) is 0. The van der Waals surface area contributed by atoms with Crippen molar-refractivity contribution in [3.05, 3.63) is 8.26 Å². The third-order valence-corrected chi connectivity index (χ3v) is 5.48. The molecule has 2 nitrogen and oxygen atoms in total. The van der Waals surface area contributed by atoms with E-state index >= 15 is 0 Å². The second-order valence-corrected chi connectivity index (χ2v) is 5.46. The van der Waals surface area contributed by atoms with E-state index in [2.05, 4.69) is 41.4 Å². The van der Waals surface area contributed by atoms with Gasteiger partial charge in [0.05, 0.1) is 8.26 Å². The highest BCUT2D eigenvalue weighted by molar-refractivity contribution is 9.13. The minimum absolute atomic E-state index is 0.990. The first kappa shape index (κ1) is 7.15. The summed E-state index contributed by atoms with van der Waals surface area (Å²) in [6, 6.07) is 0. The van der Waals surface area contributed by atoms with Crippen LogP contribution in [0.15, 0.2) is 8.26 Å². The molecule has 6 heteroatoms. The van der Waals surface area contributed by atoms with Gasteiger partial charge in [0.1, 0.15) is 4.70 Å². The zero-order chi connectivity index (χ0) is 7.14. The molecular formula is C4Br2N2S2. The molecule has 2 aromatic rings. The molecule has 52 valence electrons. The summed E-state index contributed by atoms with van der Waals surface area (Å²) in [5.74, 6) is 0. The Kier molecular flexibility index (Phi) is 1.79. The van der Waals surface area contributed by atoms with E-state index in [1.165, 1.54) is 11.5 Å². The highest BCUT2D eigenvalue weighted by atomic mass is 79.9. The fourth-order valence-corrected chi connectivity index (χ4v) is 3.67. The van der Waals surface area contributed by atoms with Crippen LogP contribution in [0.3, 0.4) is 0 Å². The highest BCUT2D eigenvalue weighted by Crippen LogP contribution is 2.39. The fraction of sp³-hybridized carbons (Fsp3) is 0. The number of nitrogens with zero attached hydrogens (tertiary/aromatic N) is 2. The molecule has 0 aromatic carbocycles. The van der Waals surface area contributed by atoms with Crippen LogP contribution in [0.25, 0.3) is 9.53 Å². The van der Waals surface area contributed by atoms with E-state index in [0.29, 0.717) is 0 Å². The molecular weight excluding hydrogens is 300 g/mol. The zero-order valence-electron chi connectivity index (χ0n) is 4.47. The van der Waals surface area contributed by atoms with Gasteiger partial charge >= 0.3 is 0 Å². The Labute approximate surface area is 81.7 Å². The molecule has 0 unspecified atom stereocenters. The van der Waals surface area contributed by atoms with Crippen LogP contribution in [0.5, 0.6) is 0 Å².